The first-order valence-corrected chi connectivity index (χ1v) is 21.9. The Morgan fingerprint density at radius 1 is 0.486 bits per heavy atom. The van der Waals surface area contributed by atoms with Crippen LogP contribution in [0.5, 0.6) is 0 Å². The number of hydrogen-bond donors (Lipinski definition) is 2. The molecule has 4 aromatic carbocycles. The molecule has 2 amide bonds. The summed E-state index contributed by atoms with van der Waals surface area (Å²) in [6, 6.07) is 19.6. The number of rotatable bonds is 30. The predicted octanol–water partition coefficient (Wildman–Crippen LogP) is 5.38. The Kier molecular flexibility index (Phi) is 19.1. The van der Waals surface area contributed by atoms with Crippen LogP contribution in [0.2, 0.25) is 0 Å². The van der Waals surface area contributed by atoms with E-state index in [0.29, 0.717) is 60.1 Å². The standard InChI is InChI=1S/C46H48N10O16/c1-67-19-21-71-25-23-69-17-15-51-43(33-7-3-31(4-8-33)29-47-49-37-13-11-35(53(59)60)27-39(37)55(63)64)41-42(45(51)57)44(52(46(41)58)16-18-70-24-26-72-22-20-68-2)34-9-5-32(6-10-34)30-48-50-38-14-12-36(54(61)62)28-40(38)56(65)66/h3-14,27-30,49-50H,15-26H2,1-2H3/b47-29+,48-30+. The van der Waals surface area contributed by atoms with E-state index in [1.165, 1.54) is 34.4 Å². The third-order valence-electron chi connectivity index (χ3n) is 10.7. The van der Waals surface area contributed by atoms with E-state index in [1.807, 2.05) is 0 Å². The Bertz CT molecular complexity index is 2580. The molecule has 378 valence electrons. The lowest BCUT2D eigenvalue weighted by Gasteiger charge is -2.25. The van der Waals surface area contributed by atoms with Crippen LogP contribution >= 0.6 is 0 Å². The lowest BCUT2D eigenvalue weighted by Crippen LogP contribution is -2.33. The maximum absolute atomic E-state index is 14.8. The molecule has 2 heterocycles. The molecule has 0 unspecified atom stereocenters. The van der Waals surface area contributed by atoms with Gasteiger partial charge in [-0.15, -0.1) is 0 Å². The normalized spacial score (nSPS) is 13.5. The fraction of sp³-hybridized carbons (Fsp3) is 0.304. The Morgan fingerprint density at radius 2 is 0.833 bits per heavy atom. The topological polar surface area (TPSA) is 317 Å². The number of nitro groups is 4. The molecule has 0 atom stereocenters. The zero-order valence-corrected chi connectivity index (χ0v) is 38.8. The van der Waals surface area contributed by atoms with Gasteiger partial charge in [0.1, 0.15) is 11.4 Å². The summed E-state index contributed by atoms with van der Waals surface area (Å²) in [6.07, 6.45) is 2.73. The van der Waals surface area contributed by atoms with Crippen LogP contribution in [0.3, 0.4) is 0 Å². The average Bonchev–Trinajstić information content (AvgIpc) is 3.82. The molecule has 72 heavy (non-hydrogen) atoms. The van der Waals surface area contributed by atoms with E-state index in [-0.39, 0.29) is 75.3 Å². The number of methoxy groups -OCH3 is 2. The maximum atomic E-state index is 14.8. The van der Waals surface area contributed by atoms with Crippen LogP contribution in [0.15, 0.2) is 106 Å². The quantitative estimate of drug-likeness (QED) is 0.0287. The van der Waals surface area contributed by atoms with Crippen LogP contribution in [0.4, 0.5) is 34.1 Å². The summed E-state index contributed by atoms with van der Waals surface area (Å²) in [5.74, 6) is -0.949. The number of nitrogens with zero attached hydrogens (tertiary/aromatic N) is 8. The van der Waals surface area contributed by atoms with Gasteiger partial charge in [0, 0.05) is 39.4 Å². The minimum atomic E-state index is -0.770. The number of benzene rings is 4. The van der Waals surface area contributed by atoms with E-state index in [2.05, 4.69) is 21.1 Å². The lowest BCUT2D eigenvalue weighted by atomic mass is 10.0. The average molecular weight is 997 g/mol. The van der Waals surface area contributed by atoms with Crippen molar-refractivity contribution in [1.82, 2.24) is 9.80 Å². The summed E-state index contributed by atoms with van der Waals surface area (Å²) in [4.78, 5) is 75.1. The zero-order valence-electron chi connectivity index (χ0n) is 38.8. The Hall–Kier alpha value is -8.40. The number of nitrogens with one attached hydrogen (secondary N) is 2. The van der Waals surface area contributed by atoms with Crippen molar-refractivity contribution in [2.24, 2.45) is 10.2 Å². The van der Waals surface area contributed by atoms with Crippen molar-refractivity contribution in [3.05, 3.63) is 159 Å². The van der Waals surface area contributed by atoms with Gasteiger partial charge in [0.25, 0.3) is 23.2 Å². The molecule has 0 fully saturated rings. The van der Waals surface area contributed by atoms with Crippen LogP contribution in [-0.4, -0.2) is 147 Å². The second-order valence-corrected chi connectivity index (χ2v) is 15.2. The first kappa shape index (κ1) is 53.0. The van der Waals surface area contributed by atoms with Crippen molar-refractivity contribution in [2.45, 2.75) is 0 Å². The molecule has 0 saturated carbocycles. The van der Waals surface area contributed by atoms with Gasteiger partial charge in [0.2, 0.25) is 0 Å². The number of non-ortho nitro benzene ring substituents is 2. The number of ether oxygens (including phenoxy) is 6. The van der Waals surface area contributed by atoms with Gasteiger partial charge in [-0.3, -0.25) is 60.9 Å². The summed E-state index contributed by atoms with van der Waals surface area (Å²) in [5.41, 5.74) is 5.80. The number of nitro benzene ring substituents is 4. The number of fused-ring (bicyclic) bond motifs is 1. The molecule has 2 aliphatic heterocycles. The third kappa shape index (κ3) is 13.5. The number of hydrogen-bond acceptors (Lipinski definition) is 20. The van der Waals surface area contributed by atoms with E-state index in [4.69, 9.17) is 28.4 Å². The van der Waals surface area contributed by atoms with Crippen molar-refractivity contribution >= 4 is 69.8 Å². The molecule has 26 nitrogen and oxygen atoms in total. The summed E-state index contributed by atoms with van der Waals surface area (Å²) in [7, 11) is 3.12. The second-order valence-electron chi connectivity index (χ2n) is 15.2. The minimum Gasteiger partial charge on any atom is -0.382 e. The molecule has 6 rings (SSSR count). The second kappa shape index (κ2) is 26.0. The van der Waals surface area contributed by atoms with Crippen molar-refractivity contribution in [1.29, 1.82) is 0 Å². The van der Waals surface area contributed by atoms with E-state index >= 15 is 0 Å². The molecule has 26 heteroatoms. The molecule has 2 aliphatic rings. The Morgan fingerprint density at radius 3 is 1.17 bits per heavy atom. The SMILES string of the molecule is COCCOCCOCCN1C(=O)C2=C(c3ccc(/C=N/Nc4ccc([N+](=O)[O-])cc4[N+](=O)[O-])cc3)N(CCOCCOCCOC)C(=O)C2=C1c1ccc(/C=N/Nc2ccc([N+](=O)[O-])cc2[N+](=O)[O-])cc1. The lowest BCUT2D eigenvalue weighted by molar-refractivity contribution is -0.393. The molecule has 0 bridgehead atoms. The highest BCUT2D eigenvalue weighted by molar-refractivity contribution is 6.30. The van der Waals surface area contributed by atoms with Gasteiger partial charge >= 0.3 is 11.4 Å². The molecule has 0 aliphatic carbocycles. The van der Waals surface area contributed by atoms with Crippen molar-refractivity contribution in [2.75, 3.05) is 104 Å². The van der Waals surface area contributed by atoms with Crippen molar-refractivity contribution in [3.63, 3.8) is 0 Å². The molecule has 0 saturated heterocycles. The molecule has 0 spiro atoms. The fourth-order valence-corrected chi connectivity index (χ4v) is 7.23. The summed E-state index contributed by atoms with van der Waals surface area (Å²) in [5, 5.41) is 53.8. The van der Waals surface area contributed by atoms with E-state index in [0.717, 1.165) is 24.3 Å². The van der Waals surface area contributed by atoms with Gasteiger partial charge in [-0.2, -0.15) is 10.2 Å². The van der Waals surface area contributed by atoms with Crippen LogP contribution in [0, 0.1) is 40.5 Å². The number of anilines is 2. The van der Waals surface area contributed by atoms with Gasteiger partial charge in [0.15, 0.2) is 0 Å². The molecular formula is C46H48N10O16. The number of amides is 2. The van der Waals surface area contributed by atoms with E-state index in [1.54, 1.807) is 62.8 Å². The highest BCUT2D eigenvalue weighted by Gasteiger charge is 2.48. The van der Waals surface area contributed by atoms with Crippen LogP contribution in [-0.2, 0) is 38.0 Å². The van der Waals surface area contributed by atoms with E-state index < -0.39 is 54.3 Å². The zero-order chi connectivity index (χ0) is 51.6. The molecule has 4 aromatic rings. The summed E-state index contributed by atoms with van der Waals surface area (Å²) >= 11 is 0. The first-order chi connectivity index (χ1) is 34.8. The van der Waals surface area contributed by atoms with Gasteiger partial charge in [-0.1, -0.05) is 48.5 Å². The van der Waals surface area contributed by atoms with Crippen molar-refractivity contribution < 1.29 is 57.7 Å². The van der Waals surface area contributed by atoms with Gasteiger partial charge in [-0.05, 0) is 34.4 Å². The predicted molar refractivity (Wildman–Crippen MR) is 259 cm³/mol. The highest BCUT2D eigenvalue weighted by atomic mass is 16.6. The molecule has 0 radical (unpaired) electrons. The number of carbonyl (C=O) groups excluding carboxylic acids is 2. The van der Waals surface area contributed by atoms with E-state index in [9.17, 15) is 50.0 Å². The third-order valence-corrected chi connectivity index (χ3v) is 10.7. The fourth-order valence-electron chi connectivity index (χ4n) is 7.23. The van der Waals surface area contributed by atoms with Crippen LogP contribution < -0.4 is 10.9 Å². The first-order valence-electron chi connectivity index (χ1n) is 21.9. The summed E-state index contributed by atoms with van der Waals surface area (Å²) < 4.78 is 32.7. The number of hydrazone groups is 2. The maximum Gasteiger partial charge on any atom is 0.301 e. The smallest absolute Gasteiger partial charge is 0.301 e. The highest BCUT2D eigenvalue weighted by Crippen LogP contribution is 2.46. The molecule has 0 aromatic heterocycles. The minimum absolute atomic E-state index is 0.0441. The van der Waals surface area contributed by atoms with Gasteiger partial charge < -0.3 is 38.2 Å². The van der Waals surface area contributed by atoms with Gasteiger partial charge in [-0.25, -0.2) is 0 Å². The Labute approximate surface area is 409 Å². The van der Waals surface area contributed by atoms with Crippen molar-refractivity contribution in [3.8, 4) is 0 Å². The van der Waals surface area contributed by atoms with Crippen LogP contribution in [0.25, 0.3) is 11.4 Å². The molecule has 2 N–H and O–H groups in total. The van der Waals surface area contributed by atoms with Gasteiger partial charge in [0.05, 0.1) is 133 Å². The molecular weight excluding hydrogens is 949 g/mol. The largest absolute Gasteiger partial charge is 0.382 e. The van der Waals surface area contributed by atoms with Crippen LogP contribution in [0.1, 0.15) is 22.3 Å². The number of carbonyl (C=O) groups is 2. The summed E-state index contributed by atoms with van der Waals surface area (Å²) in [6.45, 7) is 2.79. The Balaban J connectivity index is 1.32. The monoisotopic (exact) mass is 996 g/mol.